The van der Waals surface area contributed by atoms with Crippen molar-refractivity contribution in [1.82, 2.24) is 26.6 Å². The molecule has 4 amide bonds. The maximum absolute atomic E-state index is 13.8. The van der Waals surface area contributed by atoms with Crippen molar-refractivity contribution in [1.29, 1.82) is 5.26 Å². The maximum Gasteiger partial charge on any atom is 0.251 e. The summed E-state index contributed by atoms with van der Waals surface area (Å²) in [6.07, 6.45) is 0.302. The van der Waals surface area contributed by atoms with E-state index in [2.05, 4.69) is 44.5 Å². The molecule has 0 saturated carbocycles. The summed E-state index contributed by atoms with van der Waals surface area (Å²) in [6, 6.07) is 21.5. The molecule has 3 aromatic rings. The molecule has 3 rings (SSSR count). The van der Waals surface area contributed by atoms with Gasteiger partial charge in [-0.2, -0.15) is 5.26 Å². The summed E-state index contributed by atoms with van der Waals surface area (Å²) in [6.45, 7) is 11.5. The first-order valence-corrected chi connectivity index (χ1v) is 16.5. The third-order valence-corrected chi connectivity index (χ3v) is 7.99. The highest BCUT2D eigenvalue weighted by atomic mass is 16.2. The molecule has 0 spiro atoms. The second-order valence-corrected chi connectivity index (χ2v) is 12.1. The number of nitrogens with one attached hydrogen (secondary N) is 5. The average molecular weight is 663 g/mol. The lowest BCUT2D eigenvalue weighted by molar-refractivity contribution is -0.130. The van der Waals surface area contributed by atoms with Crippen molar-refractivity contribution < 1.29 is 19.2 Å². The largest absolute Gasteiger partial charge is 0.355 e. The van der Waals surface area contributed by atoms with Gasteiger partial charge in [0.25, 0.3) is 11.8 Å². The van der Waals surface area contributed by atoms with E-state index in [1.54, 1.807) is 50.2 Å². The van der Waals surface area contributed by atoms with Gasteiger partial charge in [0.05, 0.1) is 29.8 Å². The van der Waals surface area contributed by atoms with Crippen LogP contribution in [0.5, 0.6) is 0 Å². The molecule has 0 radical (unpaired) electrons. The molecule has 0 bridgehead atoms. The first-order valence-electron chi connectivity index (χ1n) is 16.5. The fourth-order valence-corrected chi connectivity index (χ4v) is 5.16. The van der Waals surface area contributed by atoms with Gasteiger partial charge in [-0.1, -0.05) is 62.4 Å². The van der Waals surface area contributed by atoms with Gasteiger partial charge < -0.3 is 26.6 Å². The number of nitriles is 1. The zero-order valence-electron chi connectivity index (χ0n) is 29.0. The Kier molecular flexibility index (Phi) is 14.6. The van der Waals surface area contributed by atoms with Gasteiger partial charge in [0.15, 0.2) is 0 Å². The van der Waals surface area contributed by atoms with Crippen LogP contribution in [0, 0.1) is 29.1 Å². The molecule has 3 aromatic carbocycles. The molecule has 10 nitrogen and oxygen atoms in total. The molecular weight excluding hydrogens is 616 g/mol. The summed E-state index contributed by atoms with van der Waals surface area (Å²) >= 11 is 0. The fourth-order valence-electron chi connectivity index (χ4n) is 5.16. The van der Waals surface area contributed by atoms with Gasteiger partial charge in [-0.15, -0.1) is 11.8 Å². The second kappa shape index (κ2) is 18.8. The van der Waals surface area contributed by atoms with E-state index in [0.717, 1.165) is 5.56 Å². The third-order valence-electron chi connectivity index (χ3n) is 7.99. The number of hydrogen-bond donors (Lipinski definition) is 5. The van der Waals surface area contributed by atoms with Crippen LogP contribution in [0.1, 0.15) is 85.8 Å². The number of carbonyl (C=O) groups excluding carboxylic acids is 4. The van der Waals surface area contributed by atoms with E-state index in [1.165, 1.54) is 6.07 Å². The summed E-state index contributed by atoms with van der Waals surface area (Å²) in [5.41, 5.74) is 2.96. The topological polar surface area (TPSA) is 152 Å². The second-order valence-electron chi connectivity index (χ2n) is 12.1. The van der Waals surface area contributed by atoms with Gasteiger partial charge in [-0.3, -0.25) is 19.2 Å². The minimum Gasteiger partial charge on any atom is -0.355 e. The molecule has 0 heterocycles. The van der Waals surface area contributed by atoms with Crippen LogP contribution in [0.25, 0.3) is 11.1 Å². The highest BCUT2D eigenvalue weighted by Crippen LogP contribution is 2.26. The smallest absolute Gasteiger partial charge is 0.251 e. The fraction of sp³-hybridized carbons (Fsp3) is 0.359. The van der Waals surface area contributed by atoms with E-state index in [9.17, 15) is 24.4 Å². The van der Waals surface area contributed by atoms with Crippen LogP contribution >= 0.6 is 0 Å². The van der Waals surface area contributed by atoms with Crippen molar-refractivity contribution in [3.8, 4) is 29.0 Å². The molecule has 0 fully saturated rings. The molecule has 4 atom stereocenters. The Labute approximate surface area is 289 Å². The normalized spacial score (nSPS) is 13.0. The minimum atomic E-state index is -0.682. The lowest BCUT2D eigenvalue weighted by atomic mass is 9.95. The number of rotatable bonds is 15. The number of amides is 4. The zero-order chi connectivity index (χ0) is 35.9. The van der Waals surface area contributed by atoms with E-state index in [0.29, 0.717) is 29.7 Å². The first kappa shape index (κ1) is 38.0. The summed E-state index contributed by atoms with van der Waals surface area (Å²) in [5, 5.41) is 24.5. The van der Waals surface area contributed by atoms with E-state index in [4.69, 9.17) is 0 Å². The molecule has 1 unspecified atom stereocenters. The Bertz CT molecular complexity index is 1720. The van der Waals surface area contributed by atoms with Crippen LogP contribution in [-0.2, 0) is 9.59 Å². The van der Waals surface area contributed by atoms with Crippen molar-refractivity contribution >= 4 is 23.6 Å². The third kappa shape index (κ3) is 11.1. The Hall–Kier alpha value is -5.45. The Morgan fingerprint density at radius 3 is 2.04 bits per heavy atom. The summed E-state index contributed by atoms with van der Waals surface area (Å²) < 4.78 is 0. The van der Waals surface area contributed by atoms with E-state index in [-0.39, 0.29) is 47.4 Å². The lowest BCUT2D eigenvalue weighted by Gasteiger charge is -2.25. The molecular formula is C39H46N6O4. The van der Waals surface area contributed by atoms with Crippen molar-refractivity contribution in [2.75, 3.05) is 13.1 Å². The molecule has 0 saturated heterocycles. The van der Waals surface area contributed by atoms with Gasteiger partial charge in [-0.05, 0) is 74.6 Å². The number of hydrogen-bond acceptors (Lipinski definition) is 6. The van der Waals surface area contributed by atoms with Gasteiger partial charge in [0.1, 0.15) is 6.04 Å². The van der Waals surface area contributed by atoms with Crippen LogP contribution in [0.2, 0.25) is 0 Å². The zero-order valence-corrected chi connectivity index (χ0v) is 29.0. The van der Waals surface area contributed by atoms with Crippen molar-refractivity contribution in [3.05, 3.63) is 95.1 Å². The molecule has 0 aliphatic carbocycles. The summed E-state index contributed by atoms with van der Waals surface area (Å²) in [4.78, 5) is 52.8. The number of nitrogens with zero attached hydrogens (tertiary/aromatic N) is 1. The van der Waals surface area contributed by atoms with E-state index in [1.807, 2.05) is 58.0 Å². The van der Waals surface area contributed by atoms with Crippen LogP contribution in [0.15, 0.2) is 72.8 Å². The molecule has 10 heteroatoms. The molecule has 49 heavy (non-hydrogen) atoms. The molecule has 0 aliphatic heterocycles. The van der Waals surface area contributed by atoms with Gasteiger partial charge in [0, 0.05) is 30.6 Å². The van der Waals surface area contributed by atoms with Gasteiger partial charge in [0.2, 0.25) is 11.8 Å². The van der Waals surface area contributed by atoms with Gasteiger partial charge in [-0.25, -0.2) is 0 Å². The Morgan fingerprint density at radius 1 is 0.796 bits per heavy atom. The Morgan fingerprint density at radius 2 is 1.43 bits per heavy atom. The number of benzene rings is 3. The molecule has 0 aliphatic rings. The average Bonchev–Trinajstić information content (AvgIpc) is 3.11. The summed E-state index contributed by atoms with van der Waals surface area (Å²) in [5.74, 6) is 4.32. The Balaban J connectivity index is 1.85. The monoisotopic (exact) mass is 662 g/mol. The van der Waals surface area contributed by atoms with Crippen LogP contribution in [-0.4, -0.2) is 54.8 Å². The first-order chi connectivity index (χ1) is 23.5. The predicted octanol–water partition coefficient (Wildman–Crippen LogP) is 4.48. The van der Waals surface area contributed by atoms with Crippen LogP contribution < -0.4 is 26.6 Å². The van der Waals surface area contributed by atoms with E-state index < -0.39 is 24.0 Å². The molecule has 256 valence electrons. The number of carbonyl (C=O) groups is 4. The highest BCUT2D eigenvalue weighted by Gasteiger charge is 2.26. The summed E-state index contributed by atoms with van der Waals surface area (Å²) in [7, 11) is 0. The number of likely N-dealkylation sites (N-methyl/N-ethyl adjacent to an activating group) is 1. The van der Waals surface area contributed by atoms with Crippen molar-refractivity contribution in [2.24, 2.45) is 5.92 Å². The van der Waals surface area contributed by atoms with Crippen LogP contribution in [0.3, 0.4) is 0 Å². The quantitative estimate of drug-likeness (QED) is 0.151. The standard InChI is InChI=1S/C39H46N6O4/c1-7-9-18-33(24-42-27(6)36(46)45-35(25(3)4)39(49)41-8-2)44-38(48)32-21-30(34-19-14-13-17-29(34)23-40)20-31(22-32)37(47)43-26(5)28-15-11-10-12-16-28/h10-17,19-22,25-27,33,35,42H,8,18,24H2,1-6H3,(H,41,49)(H,43,47)(H,44,48)(H,45,46)/t26-,27+,33?,35+/m1/s1. The molecule has 5 N–H and O–H groups in total. The highest BCUT2D eigenvalue weighted by molar-refractivity contribution is 6.02. The maximum atomic E-state index is 13.8. The minimum absolute atomic E-state index is 0.112. The lowest BCUT2D eigenvalue weighted by Crippen LogP contribution is -2.55. The SMILES string of the molecule is CC#CCC(CN[C@@H](C)C(=O)N[C@H](C(=O)NCC)C(C)C)NC(=O)c1cc(C(=O)N[C@H](C)c2ccccc2)cc(-c2ccccc2C#N)c1. The molecule has 0 aromatic heterocycles. The predicted molar refractivity (Wildman–Crippen MR) is 191 cm³/mol. The van der Waals surface area contributed by atoms with Gasteiger partial charge >= 0.3 is 0 Å². The van der Waals surface area contributed by atoms with Crippen LogP contribution in [0.4, 0.5) is 0 Å². The van der Waals surface area contributed by atoms with E-state index >= 15 is 0 Å². The van der Waals surface area contributed by atoms with Crippen molar-refractivity contribution in [3.63, 3.8) is 0 Å². The van der Waals surface area contributed by atoms with Crippen molar-refractivity contribution in [2.45, 2.75) is 72.1 Å².